The average Bonchev–Trinajstić information content (AvgIpc) is 3.10. The number of aryl methyl sites for hydroxylation is 1. The summed E-state index contributed by atoms with van der Waals surface area (Å²) in [5.41, 5.74) is 3.92. The highest BCUT2D eigenvalue weighted by molar-refractivity contribution is 6.31. The lowest BCUT2D eigenvalue weighted by Crippen LogP contribution is -2.53. The number of carbonyl (C=O) groups excluding carboxylic acids is 1. The number of piperazine rings is 1. The minimum Gasteiger partial charge on any atom is -0.337 e. The third kappa shape index (κ3) is 4.35. The van der Waals surface area contributed by atoms with Crippen LogP contribution in [0.2, 0.25) is 5.02 Å². The van der Waals surface area contributed by atoms with Gasteiger partial charge in [0.25, 0.3) is 5.56 Å². The molecule has 1 saturated heterocycles. The molecular weight excluding hydrogens is 478 g/mol. The van der Waals surface area contributed by atoms with Gasteiger partial charge in [0.1, 0.15) is 0 Å². The first-order chi connectivity index (χ1) is 17.2. The van der Waals surface area contributed by atoms with E-state index in [2.05, 4.69) is 14.9 Å². The fraction of sp³-hybridized carbons (Fsp3) is 0.346. The third-order valence-electron chi connectivity index (χ3n) is 6.78. The van der Waals surface area contributed by atoms with Gasteiger partial charge in [-0.15, -0.1) is 0 Å². The van der Waals surface area contributed by atoms with Crippen molar-refractivity contribution >= 4 is 34.5 Å². The second kappa shape index (κ2) is 9.39. The molecular formula is C26H28ClN7O2. The Balaban J connectivity index is 1.45. The number of nitrogens with zero attached hydrogens (tertiary/aromatic N) is 7. The first kappa shape index (κ1) is 24.0. The number of benzene rings is 1. The second-order valence-electron chi connectivity index (χ2n) is 9.33. The summed E-state index contributed by atoms with van der Waals surface area (Å²) in [6.45, 7) is 8.08. The molecule has 5 rings (SSSR count). The van der Waals surface area contributed by atoms with Crippen LogP contribution < -0.4 is 10.5 Å². The standard InChI is InChI=1S/C26H28ClN7O2/c1-16-5-7-22(27)19(11-16)15-34-24-21(25(36)31(34)4)6-8-23(30-24)20-12-28-26(29-13-20)32-9-10-33(18(3)35)17(2)14-32/h5-8,11-13,17H,9-10,14-15H2,1-4H3/t17-/m1/s1. The van der Waals surface area contributed by atoms with Gasteiger partial charge < -0.3 is 9.80 Å². The van der Waals surface area contributed by atoms with Crippen LogP contribution in [0, 0.1) is 6.92 Å². The topological polar surface area (TPSA) is 89.2 Å². The first-order valence-electron chi connectivity index (χ1n) is 11.9. The average molecular weight is 506 g/mol. The molecule has 1 atom stereocenters. The molecule has 36 heavy (non-hydrogen) atoms. The van der Waals surface area contributed by atoms with Gasteiger partial charge in [0.05, 0.1) is 17.6 Å². The number of anilines is 1. The SMILES string of the molecule is CC(=O)N1CCN(c2ncc(-c3ccc4c(=O)n(C)n(Cc5cc(C)ccc5Cl)c4n3)cn2)C[C@H]1C. The van der Waals surface area contributed by atoms with Crippen LogP contribution in [-0.4, -0.2) is 60.8 Å². The maximum atomic E-state index is 12.9. The van der Waals surface area contributed by atoms with Crippen molar-refractivity contribution in [3.63, 3.8) is 0 Å². The molecule has 0 aliphatic carbocycles. The molecule has 1 aliphatic rings. The Hall–Kier alpha value is -3.72. The molecule has 4 aromatic rings. The number of amides is 1. The van der Waals surface area contributed by atoms with Gasteiger partial charge in [-0.3, -0.25) is 19.0 Å². The zero-order chi connectivity index (χ0) is 25.6. The highest BCUT2D eigenvalue weighted by Gasteiger charge is 2.26. The summed E-state index contributed by atoms with van der Waals surface area (Å²) in [4.78, 5) is 42.6. The number of carbonyl (C=O) groups is 1. The number of rotatable bonds is 4. The molecule has 9 nitrogen and oxygen atoms in total. The summed E-state index contributed by atoms with van der Waals surface area (Å²) in [5.74, 6) is 0.713. The molecule has 3 aromatic heterocycles. The van der Waals surface area contributed by atoms with Gasteiger partial charge in [0, 0.05) is 62.6 Å². The Bertz CT molecular complexity index is 1510. The van der Waals surface area contributed by atoms with Crippen molar-refractivity contribution in [3.05, 3.63) is 69.2 Å². The third-order valence-corrected chi connectivity index (χ3v) is 7.14. The van der Waals surface area contributed by atoms with E-state index in [9.17, 15) is 9.59 Å². The van der Waals surface area contributed by atoms with Gasteiger partial charge in [-0.1, -0.05) is 29.3 Å². The van der Waals surface area contributed by atoms with E-state index >= 15 is 0 Å². The van der Waals surface area contributed by atoms with Gasteiger partial charge >= 0.3 is 0 Å². The van der Waals surface area contributed by atoms with Crippen LogP contribution in [0.3, 0.4) is 0 Å². The second-order valence-corrected chi connectivity index (χ2v) is 9.74. The summed E-state index contributed by atoms with van der Waals surface area (Å²) in [6, 6.07) is 9.56. The van der Waals surface area contributed by atoms with Crippen molar-refractivity contribution in [2.75, 3.05) is 24.5 Å². The van der Waals surface area contributed by atoms with Gasteiger partial charge in [0.15, 0.2) is 5.65 Å². The van der Waals surface area contributed by atoms with Gasteiger partial charge in [-0.25, -0.2) is 15.0 Å². The molecule has 0 radical (unpaired) electrons. The van der Waals surface area contributed by atoms with Gasteiger partial charge in [-0.05, 0) is 37.6 Å². The molecule has 0 N–H and O–H groups in total. The molecule has 1 amide bonds. The molecule has 1 fully saturated rings. The predicted octanol–water partition coefficient (Wildman–Crippen LogP) is 3.26. The number of pyridine rings is 1. The lowest BCUT2D eigenvalue weighted by Gasteiger charge is -2.39. The predicted molar refractivity (Wildman–Crippen MR) is 140 cm³/mol. The number of aromatic nitrogens is 5. The zero-order valence-electron chi connectivity index (χ0n) is 20.8. The summed E-state index contributed by atoms with van der Waals surface area (Å²) in [6.07, 6.45) is 3.50. The molecule has 186 valence electrons. The Labute approximate surface area is 213 Å². The Kier molecular flexibility index (Phi) is 6.26. The smallest absolute Gasteiger partial charge is 0.275 e. The highest BCUT2D eigenvalue weighted by Crippen LogP contribution is 2.23. The highest BCUT2D eigenvalue weighted by atomic mass is 35.5. The fourth-order valence-corrected chi connectivity index (χ4v) is 4.97. The van der Waals surface area contributed by atoms with Crippen molar-refractivity contribution in [2.24, 2.45) is 7.05 Å². The minimum absolute atomic E-state index is 0.0870. The quantitative estimate of drug-likeness (QED) is 0.423. The van der Waals surface area contributed by atoms with E-state index in [1.54, 1.807) is 37.1 Å². The van der Waals surface area contributed by atoms with Crippen LogP contribution in [0.5, 0.6) is 0 Å². The van der Waals surface area contributed by atoms with Crippen molar-refractivity contribution < 1.29 is 4.79 Å². The van der Waals surface area contributed by atoms with Gasteiger partial charge in [-0.2, -0.15) is 0 Å². The van der Waals surface area contributed by atoms with Crippen LogP contribution in [0.4, 0.5) is 5.95 Å². The maximum absolute atomic E-state index is 12.9. The number of halogens is 1. The summed E-state index contributed by atoms with van der Waals surface area (Å²) in [5, 5.41) is 1.19. The monoisotopic (exact) mass is 505 g/mol. The molecule has 10 heteroatoms. The Morgan fingerprint density at radius 2 is 1.89 bits per heavy atom. The van der Waals surface area contributed by atoms with E-state index in [0.717, 1.165) is 16.7 Å². The van der Waals surface area contributed by atoms with Crippen molar-refractivity contribution in [3.8, 4) is 11.3 Å². The lowest BCUT2D eigenvalue weighted by atomic mass is 10.1. The molecule has 4 heterocycles. The Morgan fingerprint density at radius 1 is 1.14 bits per heavy atom. The van der Waals surface area contributed by atoms with E-state index in [-0.39, 0.29) is 17.5 Å². The van der Waals surface area contributed by atoms with E-state index in [4.69, 9.17) is 16.6 Å². The molecule has 1 aromatic carbocycles. The largest absolute Gasteiger partial charge is 0.337 e. The van der Waals surface area contributed by atoms with E-state index in [0.29, 0.717) is 53.9 Å². The van der Waals surface area contributed by atoms with Crippen LogP contribution in [-0.2, 0) is 18.4 Å². The lowest BCUT2D eigenvalue weighted by molar-refractivity contribution is -0.131. The van der Waals surface area contributed by atoms with Gasteiger partial charge in [0.2, 0.25) is 11.9 Å². The molecule has 0 spiro atoms. The molecule has 0 saturated carbocycles. The number of hydrogen-bond donors (Lipinski definition) is 0. The first-order valence-corrected chi connectivity index (χ1v) is 12.3. The normalized spacial score (nSPS) is 16.1. The van der Waals surface area contributed by atoms with E-state index in [1.807, 2.05) is 47.7 Å². The molecule has 1 aliphatic heterocycles. The minimum atomic E-state index is -0.113. The summed E-state index contributed by atoms with van der Waals surface area (Å²) < 4.78 is 3.41. The molecule has 0 bridgehead atoms. The number of fused-ring (bicyclic) bond motifs is 1. The van der Waals surface area contributed by atoms with E-state index < -0.39 is 0 Å². The van der Waals surface area contributed by atoms with Crippen molar-refractivity contribution in [1.82, 2.24) is 29.2 Å². The van der Waals surface area contributed by atoms with Crippen LogP contribution in [0.25, 0.3) is 22.3 Å². The van der Waals surface area contributed by atoms with Crippen LogP contribution in [0.1, 0.15) is 25.0 Å². The van der Waals surface area contributed by atoms with E-state index in [1.165, 1.54) is 0 Å². The molecule has 0 unspecified atom stereocenters. The zero-order valence-corrected chi connectivity index (χ0v) is 21.5. The van der Waals surface area contributed by atoms with Crippen LogP contribution in [0.15, 0.2) is 47.5 Å². The van der Waals surface area contributed by atoms with Crippen molar-refractivity contribution in [2.45, 2.75) is 33.4 Å². The summed E-state index contributed by atoms with van der Waals surface area (Å²) in [7, 11) is 1.73. The van der Waals surface area contributed by atoms with Crippen LogP contribution >= 0.6 is 11.6 Å². The number of hydrogen-bond acceptors (Lipinski definition) is 6. The van der Waals surface area contributed by atoms with Crippen molar-refractivity contribution in [1.29, 1.82) is 0 Å². The maximum Gasteiger partial charge on any atom is 0.275 e. The Morgan fingerprint density at radius 3 is 2.58 bits per heavy atom. The summed E-state index contributed by atoms with van der Waals surface area (Å²) >= 11 is 6.43. The fourth-order valence-electron chi connectivity index (χ4n) is 4.79.